The number of ether oxygens (including phenoxy) is 1. The average Bonchev–Trinajstić information content (AvgIpc) is 2.38. The van der Waals surface area contributed by atoms with E-state index in [1.165, 1.54) is 50.5 Å². The van der Waals surface area contributed by atoms with Crippen molar-refractivity contribution in [2.45, 2.75) is 57.9 Å². The van der Waals surface area contributed by atoms with Crippen LogP contribution in [0.25, 0.3) is 0 Å². The van der Waals surface area contributed by atoms with E-state index in [1.54, 1.807) is 0 Å². The lowest BCUT2D eigenvalue weighted by atomic mass is 9.97. The lowest BCUT2D eigenvalue weighted by Crippen LogP contribution is -2.33. The quantitative estimate of drug-likeness (QED) is 0.807. The second-order valence-electron chi connectivity index (χ2n) is 5.66. The normalized spacial score (nSPS) is 17.7. The Kier molecular flexibility index (Phi) is 6.22. The highest BCUT2D eigenvalue weighted by molar-refractivity contribution is 5.26. The van der Waals surface area contributed by atoms with E-state index in [-0.39, 0.29) is 0 Å². The van der Waals surface area contributed by atoms with Crippen molar-refractivity contribution < 1.29 is 4.74 Å². The number of nitrogens with one attached hydrogen (secondary N) is 1. The second kappa shape index (κ2) is 8.21. The van der Waals surface area contributed by atoms with Gasteiger partial charge in [-0.15, -0.1) is 0 Å². The number of aryl methyl sites for hydroxylation is 1. The fourth-order valence-electron chi connectivity index (χ4n) is 2.73. The lowest BCUT2D eigenvalue weighted by molar-refractivity contribution is 0.293. The minimum absolute atomic E-state index is 0.710. The summed E-state index contributed by atoms with van der Waals surface area (Å²) in [5.74, 6) is 0.977. The molecule has 106 valence electrons. The molecule has 0 amide bonds. The summed E-state index contributed by atoms with van der Waals surface area (Å²) in [4.78, 5) is 0. The van der Waals surface area contributed by atoms with Crippen LogP contribution in [0.3, 0.4) is 0 Å². The van der Waals surface area contributed by atoms with Crippen LogP contribution in [0.15, 0.2) is 24.3 Å². The molecule has 19 heavy (non-hydrogen) atoms. The van der Waals surface area contributed by atoms with Gasteiger partial charge in [0.15, 0.2) is 0 Å². The van der Waals surface area contributed by atoms with Crippen molar-refractivity contribution in [3.63, 3.8) is 0 Å². The molecule has 0 spiro atoms. The largest absolute Gasteiger partial charge is 0.492 e. The van der Waals surface area contributed by atoms with Gasteiger partial charge >= 0.3 is 0 Å². The number of benzene rings is 1. The van der Waals surface area contributed by atoms with E-state index in [1.807, 2.05) is 12.1 Å². The molecule has 0 bridgehead atoms. The van der Waals surface area contributed by atoms with Crippen LogP contribution in [0.1, 0.15) is 50.5 Å². The van der Waals surface area contributed by atoms with Gasteiger partial charge in [-0.3, -0.25) is 0 Å². The minimum atomic E-state index is 0.710. The van der Waals surface area contributed by atoms with Crippen LogP contribution in [-0.4, -0.2) is 19.2 Å². The minimum Gasteiger partial charge on any atom is -0.492 e. The smallest absolute Gasteiger partial charge is 0.119 e. The van der Waals surface area contributed by atoms with Gasteiger partial charge in [-0.2, -0.15) is 0 Å². The van der Waals surface area contributed by atoms with Crippen molar-refractivity contribution in [1.29, 1.82) is 0 Å². The van der Waals surface area contributed by atoms with Gasteiger partial charge in [0.1, 0.15) is 12.4 Å². The molecule has 0 saturated heterocycles. The molecular formula is C17H27NO. The summed E-state index contributed by atoms with van der Waals surface area (Å²) in [5, 5.41) is 3.65. The molecule has 0 heterocycles. The maximum Gasteiger partial charge on any atom is 0.119 e. The first-order valence-electron chi connectivity index (χ1n) is 7.77. The van der Waals surface area contributed by atoms with Crippen LogP contribution >= 0.6 is 0 Å². The first kappa shape index (κ1) is 14.4. The van der Waals surface area contributed by atoms with Gasteiger partial charge in [-0.1, -0.05) is 49.8 Å². The Labute approximate surface area is 117 Å². The Hall–Kier alpha value is -1.02. The van der Waals surface area contributed by atoms with Gasteiger partial charge < -0.3 is 10.1 Å². The molecule has 1 saturated carbocycles. The summed E-state index contributed by atoms with van der Waals surface area (Å²) in [6, 6.07) is 8.99. The van der Waals surface area contributed by atoms with Crippen molar-refractivity contribution in [1.82, 2.24) is 5.32 Å². The first-order chi connectivity index (χ1) is 9.34. The molecule has 2 nitrogen and oxygen atoms in total. The van der Waals surface area contributed by atoms with Gasteiger partial charge in [0.25, 0.3) is 0 Å². The molecule has 1 fully saturated rings. The number of hydrogen-bond acceptors (Lipinski definition) is 2. The number of hydrogen-bond donors (Lipinski definition) is 1. The fraction of sp³-hybridized carbons (Fsp3) is 0.647. The van der Waals surface area contributed by atoms with E-state index in [0.29, 0.717) is 6.04 Å². The molecule has 1 N–H and O–H groups in total. The van der Waals surface area contributed by atoms with Gasteiger partial charge in [0.2, 0.25) is 0 Å². The summed E-state index contributed by atoms with van der Waals surface area (Å²) in [6.45, 7) is 3.82. The van der Waals surface area contributed by atoms with Crippen molar-refractivity contribution in [3.8, 4) is 5.75 Å². The second-order valence-corrected chi connectivity index (χ2v) is 5.66. The van der Waals surface area contributed by atoms with Crippen molar-refractivity contribution >= 4 is 0 Å². The third-order valence-electron chi connectivity index (χ3n) is 3.93. The van der Waals surface area contributed by atoms with Crippen LogP contribution < -0.4 is 10.1 Å². The van der Waals surface area contributed by atoms with Crippen LogP contribution in [-0.2, 0) is 0 Å². The fourth-order valence-corrected chi connectivity index (χ4v) is 2.73. The van der Waals surface area contributed by atoms with Gasteiger partial charge in [0, 0.05) is 12.6 Å². The van der Waals surface area contributed by atoms with Crippen LogP contribution in [0, 0.1) is 6.92 Å². The summed E-state index contributed by atoms with van der Waals surface area (Å²) >= 11 is 0. The molecule has 1 aliphatic rings. The SMILES string of the molecule is Cc1ccc(OCCNC2CCCCCCC2)cc1. The van der Waals surface area contributed by atoms with Gasteiger partial charge in [-0.05, 0) is 31.9 Å². The summed E-state index contributed by atoms with van der Waals surface area (Å²) < 4.78 is 5.75. The molecule has 0 aliphatic heterocycles. The average molecular weight is 261 g/mol. The van der Waals surface area contributed by atoms with E-state index < -0.39 is 0 Å². The molecule has 1 aliphatic carbocycles. The van der Waals surface area contributed by atoms with Crippen molar-refractivity contribution in [3.05, 3.63) is 29.8 Å². The maximum absolute atomic E-state index is 5.75. The molecular weight excluding hydrogens is 234 g/mol. The van der Waals surface area contributed by atoms with Crippen molar-refractivity contribution in [2.75, 3.05) is 13.2 Å². The Morgan fingerprint density at radius 1 is 1.00 bits per heavy atom. The zero-order chi connectivity index (χ0) is 13.3. The van der Waals surface area contributed by atoms with E-state index in [2.05, 4.69) is 24.4 Å². The van der Waals surface area contributed by atoms with E-state index in [4.69, 9.17) is 4.74 Å². The zero-order valence-corrected chi connectivity index (χ0v) is 12.2. The van der Waals surface area contributed by atoms with Crippen LogP contribution in [0.2, 0.25) is 0 Å². The molecule has 0 unspecified atom stereocenters. The highest BCUT2D eigenvalue weighted by Gasteiger charge is 2.09. The predicted octanol–water partition coefficient (Wildman–Crippen LogP) is 4.08. The molecule has 0 radical (unpaired) electrons. The first-order valence-corrected chi connectivity index (χ1v) is 7.77. The van der Waals surface area contributed by atoms with Gasteiger partial charge in [0.05, 0.1) is 0 Å². The van der Waals surface area contributed by atoms with E-state index in [9.17, 15) is 0 Å². The topological polar surface area (TPSA) is 21.3 Å². The number of rotatable bonds is 5. The van der Waals surface area contributed by atoms with Crippen LogP contribution in [0.5, 0.6) is 5.75 Å². The summed E-state index contributed by atoms with van der Waals surface area (Å²) in [6.07, 6.45) is 9.71. The Morgan fingerprint density at radius 3 is 2.32 bits per heavy atom. The highest BCUT2D eigenvalue weighted by atomic mass is 16.5. The van der Waals surface area contributed by atoms with Gasteiger partial charge in [-0.25, -0.2) is 0 Å². The maximum atomic E-state index is 5.75. The van der Waals surface area contributed by atoms with E-state index >= 15 is 0 Å². The highest BCUT2D eigenvalue weighted by Crippen LogP contribution is 2.17. The predicted molar refractivity (Wildman–Crippen MR) is 80.8 cm³/mol. The molecule has 1 aromatic rings. The third kappa shape index (κ3) is 5.65. The van der Waals surface area contributed by atoms with E-state index in [0.717, 1.165) is 18.9 Å². The molecule has 0 aromatic heterocycles. The molecule has 0 atom stereocenters. The molecule has 1 aromatic carbocycles. The summed E-state index contributed by atoms with van der Waals surface area (Å²) in [7, 11) is 0. The molecule has 2 heteroatoms. The van der Waals surface area contributed by atoms with Crippen molar-refractivity contribution in [2.24, 2.45) is 0 Å². The zero-order valence-electron chi connectivity index (χ0n) is 12.2. The Balaban J connectivity index is 1.61. The Morgan fingerprint density at radius 2 is 1.63 bits per heavy atom. The summed E-state index contributed by atoms with van der Waals surface area (Å²) in [5.41, 5.74) is 1.28. The standard InChI is InChI=1S/C17H27NO/c1-15-9-11-17(12-10-15)19-14-13-18-16-7-5-3-2-4-6-8-16/h9-12,16,18H,2-8,13-14H2,1H3. The third-order valence-corrected chi connectivity index (χ3v) is 3.93. The molecule has 2 rings (SSSR count). The lowest BCUT2D eigenvalue weighted by Gasteiger charge is -2.21. The van der Waals surface area contributed by atoms with Crippen LogP contribution in [0.4, 0.5) is 0 Å². The monoisotopic (exact) mass is 261 g/mol. The Bertz CT molecular complexity index is 339.